The van der Waals surface area contributed by atoms with Gasteiger partial charge in [0, 0.05) is 0 Å². The molecule has 1 heterocycles. The maximum absolute atomic E-state index is 8.86. The van der Waals surface area contributed by atoms with E-state index in [2.05, 4.69) is 52.7 Å². The molecule has 20 heavy (non-hydrogen) atoms. The molecule has 4 heteroatoms. The first-order chi connectivity index (χ1) is 9.67. The van der Waals surface area contributed by atoms with Crippen LogP contribution >= 0.6 is 34.5 Å². The van der Waals surface area contributed by atoms with Crippen molar-refractivity contribution in [3.05, 3.63) is 62.7 Å². The zero-order valence-corrected chi connectivity index (χ0v) is 15.4. The molecule has 2 aromatic carbocycles. The topological polar surface area (TPSA) is 27.0 Å². The van der Waals surface area contributed by atoms with E-state index >= 15 is 0 Å². The molecule has 0 fully saturated rings. The molecule has 2 nitrogen and oxygen atoms in total. The van der Waals surface area contributed by atoms with Gasteiger partial charge in [-0.3, -0.25) is 0 Å². The van der Waals surface area contributed by atoms with Gasteiger partial charge in [0.05, 0.1) is 0 Å². The van der Waals surface area contributed by atoms with Crippen LogP contribution in [0, 0.1) is 14.9 Å². The summed E-state index contributed by atoms with van der Waals surface area (Å²) in [6.45, 7) is 1.95. The summed E-state index contributed by atoms with van der Waals surface area (Å²) >= 11 is 1.69. The summed E-state index contributed by atoms with van der Waals surface area (Å²) in [6, 6.07) is 17.0. The first-order valence-electron chi connectivity index (χ1n) is 6.31. The molecule has 0 unspecified atom stereocenters. The van der Waals surface area contributed by atoms with Crippen LogP contribution < -0.4 is 4.90 Å². The fourth-order valence-corrected chi connectivity index (χ4v) is 5.64. The Morgan fingerprint density at radius 2 is 1.80 bits per heavy atom. The predicted molar refractivity (Wildman–Crippen MR) is 100 cm³/mol. The Bertz CT molecular complexity index is 672. The van der Waals surface area contributed by atoms with Crippen LogP contribution in [0.4, 0.5) is 5.69 Å². The minimum absolute atomic E-state index is 0.721. The summed E-state index contributed by atoms with van der Waals surface area (Å²) < 4.78 is 1.55. The second-order valence-corrected chi connectivity index (χ2v) is 16.6. The molecule has 0 bridgehead atoms. The molecule has 0 amide bonds. The van der Waals surface area contributed by atoms with Gasteiger partial charge in [0.25, 0.3) is 0 Å². The second kappa shape index (κ2) is 5.90. The fourth-order valence-electron chi connectivity index (χ4n) is 2.45. The summed E-state index contributed by atoms with van der Waals surface area (Å²) in [7, 11) is 0. The monoisotopic (exact) mass is 488 g/mol. The summed E-state index contributed by atoms with van der Waals surface area (Å²) in [6.07, 6.45) is 0. The Labute approximate surface area is 136 Å². The number of hydrogen-bond acceptors (Lipinski definition) is 2. The van der Waals surface area contributed by atoms with E-state index in [0.717, 1.165) is 18.7 Å². The van der Waals surface area contributed by atoms with E-state index in [0.29, 0.717) is 0 Å². The van der Waals surface area contributed by atoms with Crippen molar-refractivity contribution in [3.63, 3.8) is 0 Å². The molecule has 2 aromatic rings. The Hall–Kier alpha value is -0.810. The van der Waals surface area contributed by atoms with Crippen molar-refractivity contribution in [2.75, 3.05) is 9.83 Å². The number of halogens is 2. The predicted octanol–water partition coefficient (Wildman–Crippen LogP) is 4.73. The van der Waals surface area contributed by atoms with Crippen LogP contribution in [-0.2, 0) is 13.1 Å². The number of rotatable bonds is 2. The van der Waals surface area contributed by atoms with Crippen molar-refractivity contribution in [1.82, 2.24) is 0 Å². The van der Waals surface area contributed by atoms with Gasteiger partial charge in [-0.05, 0) is 0 Å². The van der Waals surface area contributed by atoms with Gasteiger partial charge in [0.2, 0.25) is 0 Å². The van der Waals surface area contributed by atoms with Gasteiger partial charge in [-0.25, -0.2) is 0 Å². The Morgan fingerprint density at radius 3 is 2.45 bits per heavy atom. The first-order valence-corrected chi connectivity index (χ1v) is 15.8. The van der Waals surface area contributed by atoms with Crippen molar-refractivity contribution in [1.29, 1.82) is 5.26 Å². The molecule has 102 valence electrons. The number of anilines is 1. The molecule has 0 saturated carbocycles. The van der Waals surface area contributed by atoms with Gasteiger partial charge in [0.1, 0.15) is 0 Å². The van der Waals surface area contributed by atoms with Crippen LogP contribution in [0.25, 0.3) is 0 Å². The van der Waals surface area contributed by atoms with Crippen molar-refractivity contribution < 1.29 is 0 Å². The summed E-state index contributed by atoms with van der Waals surface area (Å²) in [4.78, 5) is 4.75. The van der Waals surface area contributed by atoms with Crippen molar-refractivity contribution >= 4 is 40.1 Å². The number of hydrogen-bond donors (Lipinski definition) is 0. The van der Waals surface area contributed by atoms with Crippen molar-refractivity contribution in [2.45, 2.75) is 13.1 Å². The molecule has 0 aliphatic carbocycles. The van der Waals surface area contributed by atoms with Crippen LogP contribution in [0.1, 0.15) is 16.7 Å². The van der Waals surface area contributed by atoms with Crippen LogP contribution in [0.2, 0.25) is 0 Å². The zero-order valence-electron chi connectivity index (χ0n) is 11.1. The van der Waals surface area contributed by atoms with Crippen LogP contribution in [0.3, 0.4) is 0 Å². The van der Waals surface area contributed by atoms with Gasteiger partial charge in [-0.1, -0.05) is 0 Å². The van der Waals surface area contributed by atoms with E-state index < -0.39 is 15.8 Å². The normalized spacial score (nSPS) is 13.8. The molecule has 1 aliphatic heterocycles. The molecule has 0 aromatic heterocycles. The molecule has 3 rings (SSSR count). The molecule has 0 saturated heterocycles. The van der Waals surface area contributed by atoms with Gasteiger partial charge in [-0.2, -0.15) is 0 Å². The average Bonchev–Trinajstić information content (AvgIpc) is 2.90. The number of nitriles is 1. The van der Waals surface area contributed by atoms with Gasteiger partial charge >= 0.3 is 137 Å². The van der Waals surface area contributed by atoms with Gasteiger partial charge in [-0.15, -0.1) is 0 Å². The average molecular weight is 488 g/mol. The number of fused-ring (bicyclic) bond motifs is 1. The van der Waals surface area contributed by atoms with E-state index in [9.17, 15) is 0 Å². The van der Waals surface area contributed by atoms with E-state index in [4.69, 9.17) is 5.26 Å². The fraction of sp³-hybridized carbons (Fsp3) is 0.188. The standard InChI is InChI=1S/C16H14I2N2/c1-18(17)15-5-4-13-10-20(11-14(13)8-15)16-6-2-12(9-19)3-7-16/h2-8H,10-11H2,1H3. The Balaban J connectivity index is 1.84. The summed E-state index contributed by atoms with van der Waals surface area (Å²) in [5.41, 5.74) is 4.82. The molecule has 0 atom stereocenters. The van der Waals surface area contributed by atoms with E-state index in [1.165, 1.54) is 16.8 Å². The van der Waals surface area contributed by atoms with Crippen molar-refractivity contribution in [2.24, 2.45) is 0 Å². The SMILES string of the molecule is CI(I)c1ccc2c(c1)CN(c1ccc(C#N)cc1)C2. The first kappa shape index (κ1) is 14.1. The number of nitrogens with zero attached hydrogens (tertiary/aromatic N) is 2. The third-order valence-electron chi connectivity index (χ3n) is 3.55. The van der Waals surface area contributed by atoms with Crippen LogP contribution in [0.15, 0.2) is 42.5 Å². The third-order valence-corrected chi connectivity index (χ3v) is 9.10. The molecular formula is C16H14I2N2. The second-order valence-electron chi connectivity index (χ2n) is 4.83. The van der Waals surface area contributed by atoms with E-state index in [1.807, 2.05) is 24.3 Å². The molecule has 0 spiro atoms. The van der Waals surface area contributed by atoms with Crippen molar-refractivity contribution in [3.8, 4) is 6.07 Å². The Kier molecular flexibility index (Phi) is 4.17. The molecule has 1 aliphatic rings. The van der Waals surface area contributed by atoms with Gasteiger partial charge < -0.3 is 0 Å². The van der Waals surface area contributed by atoms with Gasteiger partial charge in [0.15, 0.2) is 0 Å². The quantitative estimate of drug-likeness (QED) is 0.452. The zero-order chi connectivity index (χ0) is 14.1. The maximum atomic E-state index is 8.86. The summed E-state index contributed by atoms with van der Waals surface area (Å²) in [5.74, 6) is 0. The molecule has 0 N–H and O–H groups in total. The summed E-state index contributed by atoms with van der Waals surface area (Å²) in [5, 5.41) is 8.86. The Morgan fingerprint density at radius 1 is 1.10 bits per heavy atom. The minimum atomic E-state index is -0.919. The molecule has 0 radical (unpaired) electrons. The van der Waals surface area contributed by atoms with E-state index in [1.54, 1.807) is 3.57 Å². The third kappa shape index (κ3) is 2.79. The van der Waals surface area contributed by atoms with Crippen LogP contribution in [-0.4, -0.2) is 4.93 Å². The van der Waals surface area contributed by atoms with Crippen LogP contribution in [0.5, 0.6) is 0 Å². The number of alkyl halides is 1. The molecular weight excluding hydrogens is 474 g/mol. The number of benzene rings is 2. The van der Waals surface area contributed by atoms with E-state index in [-0.39, 0.29) is 0 Å².